The van der Waals surface area contributed by atoms with Gasteiger partial charge in [-0.3, -0.25) is 4.90 Å². The summed E-state index contributed by atoms with van der Waals surface area (Å²) in [5, 5.41) is 3.80. The fraction of sp³-hybridized carbons (Fsp3) is 0.435. The summed E-state index contributed by atoms with van der Waals surface area (Å²) in [7, 11) is 0. The average molecular weight is 414 g/mol. The Morgan fingerprint density at radius 1 is 1.10 bits per heavy atom. The van der Waals surface area contributed by atoms with Crippen LogP contribution in [0.25, 0.3) is 0 Å². The molecule has 0 saturated carbocycles. The van der Waals surface area contributed by atoms with E-state index >= 15 is 0 Å². The quantitative estimate of drug-likeness (QED) is 0.771. The van der Waals surface area contributed by atoms with Crippen LogP contribution in [0.5, 0.6) is 5.75 Å². The summed E-state index contributed by atoms with van der Waals surface area (Å²) >= 11 is 6.05. The van der Waals surface area contributed by atoms with Gasteiger partial charge in [0.15, 0.2) is 0 Å². The monoisotopic (exact) mass is 413 g/mol. The fourth-order valence-corrected chi connectivity index (χ4v) is 4.30. The summed E-state index contributed by atoms with van der Waals surface area (Å²) in [5.74, 6) is 1.55. The minimum absolute atomic E-state index is 0.0165. The molecule has 5 nitrogen and oxygen atoms in total. The van der Waals surface area contributed by atoms with Crippen LogP contribution in [-0.4, -0.2) is 50.3 Å². The van der Waals surface area contributed by atoms with E-state index in [0.29, 0.717) is 19.0 Å². The number of carbonyl (C=O) groups excluding carboxylic acids is 1. The van der Waals surface area contributed by atoms with Crippen molar-refractivity contribution in [1.29, 1.82) is 0 Å². The first-order valence-corrected chi connectivity index (χ1v) is 10.8. The van der Waals surface area contributed by atoms with E-state index in [1.807, 2.05) is 53.4 Å². The van der Waals surface area contributed by atoms with E-state index < -0.39 is 0 Å². The van der Waals surface area contributed by atoms with E-state index in [2.05, 4.69) is 10.2 Å². The number of nitrogens with zero attached hydrogens (tertiary/aromatic N) is 2. The van der Waals surface area contributed by atoms with Gasteiger partial charge in [0, 0.05) is 30.3 Å². The van der Waals surface area contributed by atoms with Crippen LogP contribution in [0.3, 0.4) is 0 Å². The lowest BCUT2D eigenvalue weighted by Gasteiger charge is -2.32. The molecule has 0 spiro atoms. The van der Waals surface area contributed by atoms with Crippen molar-refractivity contribution in [2.24, 2.45) is 5.92 Å². The molecule has 2 aliphatic heterocycles. The van der Waals surface area contributed by atoms with Crippen LogP contribution >= 0.6 is 11.6 Å². The molecule has 2 heterocycles. The first kappa shape index (κ1) is 20.0. The molecule has 0 unspecified atom stereocenters. The molecule has 2 aliphatic rings. The molecule has 1 fully saturated rings. The van der Waals surface area contributed by atoms with Crippen molar-refractivity contribution < 1.29 is 9.53 Å². The number of ether oxygens (including phenoxy) is 1. The van der Waals surface area contributed by atoms with Crippen LogP contribution in [-0.2, 0) is 6.42 Å². The highest BCUT2D eigenvalue weighted by atomic mass is 35.5. The summed E-state index contributed by atoms with van der Waals surface area (Å²) < 4.78 is 5.90. The Bertz CT molecular complexity index is 822. The second-order valence-electron chi connectivity index (χ2n) is 7.82. The van der Waals surface area contributed by atoms with Crippen LogP contribution < -0.4 is 15.0 Å². The Hall–Kier alpha value is -2.24. The second kappa shape index (κ2) is 9.51. The molecule has 0 radical (unpaired) electrons. The van der Waals surface area contributed by atoms with Crippen molar-refractivity contribution in [3.8, 4) is 5.75 Å². The van der Waals surface area contributed by atoms with Gasteiger partial charge in [0.1, 0.15) is 5.75 Å². The molecule has 2 aromatic carbocycles. The lowest BCUT2D eigenvalue weighted by Crippen LogP contribution is -2.44. The molecule has 6 heteroatoms. The lowest BCUT2D eigenvalue weighted by atomic mass is 9.98. The molecule has 4 rings (SSSR count). The summed E-state index contributed by atoms with van der Waals surface area (Å²) in [6.45, 7) is 5.18. The number of halogens is 1. The SMILES string of the molecule is O=C(NCCN1CCC(COc2ccccc2)CC1)N1CCc2cc(Cl)ccc21. The molecule has 1 N–H and O–H groups in total. The number of nitrogens with one attached hydrogen (secondary N) is 1. The third-order valence-corrected chi connectivity index (χ3v) is 6.06. The topological polar surface area (TPSA) is 44.8 Å². The molecule has 0 atom stereocenters. The Kier molecular flexibility index (Phi) is 6.57. The van der Waals surface area contributed by atoms with E-state index in [4.69, 9.17) is 16.3 Å². The number of amides is 2. The van der Waals surface area contributed by atoms with Crippen LogP contribution in [0, 0.1) is 5.92 Å². The number of para-hydroxylation sites is 1. The van der Waals surface area contributed by atoms with Crippen molar-refractivity contribution in [3.63, 3.8) is 0 Å². The standard InChI is InChI=1S/C23H28ClN3O2/c24-20-6-7-22-19(16-20)10-14-27(22)23(28)25-11-15-26-12-8-18(9-13-26)17-29-21-4-2-1-3-5-21/h1-7,16,18H,8-15,17H2,(H,25,28). The highest BCUT2D eigenvalue weighted by Gasteiger charge is 2.25. The summed E-state index contributed by atoms with van der Waals surface area (Å²) in [5.41, 5.74) is 2.12. The lowest BCUT2D eigenvalue weighted by molar-refractivity contribution is 0.142. The van der Waals surface area contributed by atoms with E-state index in [-0.39, 0.29) is 6.03 Å². The maximum Gasteiger partial charge on any atom is 0.321 e. The van der Waals surface area contributed by atoms with E-state index in [0.717, 1.165) is 67.5 Å². The molecule has 2 aromatic rings. The number of urea groups is 1. The molecular weight excluding hydrogens is 386 g/mol. The van der Waals surface area contributed by atoms with E-state index in [1.54, 1.807) is 0 Å². The van der Waals surface area contributed by atoms with Crippen molar-refractivity contribution in [3.05, 3.63) is 59.1 Å². The number of hydrogen-bond donors (Lipinski definition) is 1. The number of carbonyl (C=O) groups is 1. The Labute approximate surface area is 177 Å². The minimum atomic E-state index is -0.0165. The highest BCUT2D eigenvalue weighted by Crippen LogP contribution is 2.30. The predicted octanol–water partition coefficient (Wildman–Crippen LogP) is 4.20. The molecule has 0 aromatic heterocycles. The summed E-state index contributed by atoms with van der Waals surface area (Å²) in [4.78, 5) is 16.8. The van der Waals surface area contributed by atoms with Crippen LogP contribution in [0.4, 0.5) is 10.5 Å². The second-order valence-corrected chi connectivity index (χ2v) is 8.25. The fourth-order valence-electron chi connectivity index (χ4n) is 4.11. The smallest absolute Gasteiger partial charge is 0.321 e. The van der Waals surface area contributed by atoms with Crippen LogP contribution in [0.2, 0.25) is 5.02 Å². The average Bonchev–Trinajstić information content (AvgIpc) is 3.17. The molecule has 0 bridgehead atoms. The van der Waals surface area contributed by atoms with E-state index in [9.17, 15) is 4.79 Å². The van der Waals surface area contributed by atoms with Crippen molar-refractivity contribution in [2.45, 2.75) is 19.3 Å². The van der Waals surface area contributed by atoms with Gasteiger partial charge in [-0.05, 0) is 74.2 Å². The Balaban J connectivity index is 1.15. The van der Waals surface area contributed by atoms with Gasteiger partial charge in [-0.25, -0.2) is 4.79 Å². The molecule has 29 heavy (non-hydrogen) atoms. The molecule has 2 amide bonds. The third-order valence-electron chi connectivity index (χ3n) is 5.82. The van der Waals surface area contributed by atoms with Gasteiger partial charge in [0.25, 0.3) is 0 Å². The number of anilines is 1. The van der Waals surface area contributed by atoms with Gasteiger partial charge in [-0.1, -0.05) is 29.8 Å². The van der Waals surface area contributed by atoms with E-state index in [1.165, 1.54) is 0 Å². The van der Waals surface area contributed by atoms with Gasteiger partial charge in [-0.15, -0.1) is 0 Å². The summed E-state index contributed by atoms with van der Waals surface area (Å²) in [6.07, 6.45) is 3.14. The zero-order valence-corrected chi connectivity index (χ0v) is 17.4. The zero-order valence-electron chi connectivity index (χ0n) is 16.6. The normalized spacial score (nSPS) is 17.2. The van der Waals surface area contributed by atoms with Crippen molar-refractivity contribution in [2.75, 3.05) is 44.2 Å². The van der Waals surface area contributed by atoms with Gasteiger partial charge in [0.05, 0.1) is 6.61 Å². The summed E-state index contributed by atoms with van der Waals surface area (Å²) in [6, 6.07) is 15.7. The van der Waals surface area contributed by atoms with Crippen molar-refractivity contribution >= 4 is 23.3 Å². The zero-order chi connectivity index (χ0) is 20.1. The largest absolute Gasteiger partial charge is 0.493 e. The maximum absolute atomic E-state index is 12.6. The van der Waals surface area contributed by atoms with Crippen LogP contribution in [0.1, 0.15) is 18.4 Å². The Morgan fingerprint density at radius 2 is 1.90 bits per heavy atom. The van der Waals surface area contributed by atoms with Gasteiger partial charge in [-0.2, -0.15) is 0 Å². The number of piperidine rings is 1. The van der Waals surface area contributed by atoms with Crippen LogP contribution in [0.15, 0.2) is 48.5 Å². The number of likely N-dealkylation sites (tertiary alicyclic amines) is 1. The number of benzene rings is 2. The van der Waals surface area contributed by atoms with Gasteiger partial charge >= 0.3 is 6.03 Å². The molecule has 1 saturated heterocycles. The maximum atomic E-state index is 12.6. The predicted molar refractivity (Wildman–Crippen MR) is 117 cm³/mol. The number of rotatable bonds is 6. The Morgan fingerprint density at radius 3 is 2.69 bits per heavy atom. The third kappa shape index (κ3) is 5.22. The first-order chi connectivity index (χ1) is 14.2. The van der Waals surface area contributed by atoms with Crippen molar-refractivity contribution in [1.82, 2.24) is 10.2 Å². The first-order valence-electron chi connectivity index (χ1n) is 10.4. The molecular formula is C23H28ClN3O2. The highest BCUT2D eigenvalue weighted by molar-refractivity contribution is 6.30. The molecule has 0 aliphatic carbocycles. The number of fused-ring (bicyclic) bond motifs is 1. The molecule has 154 valence electrons. The van der Waals surface area contributed by atoms with Gasteiger partial charge < -0.3 is 15.0 Å². The van der Waals surface area contributed by atoms with Gasteiger partial charge in [0.2, 0.25) is 0 Å². The minimum Gasteiger partial charge on any atom is -0.493 e. The number of hydrogen-bond acceptors (Lipinski definition) is 3.